The van der Waals surface area contributed by atoms with Gasteiger partial charge in [-0.3, -0.25) is 0 Å². The Morgan fingerprint density at radius 1 is 1.33 bits per heavy atom. The predicted molar refractivity (Wildman–Crippen MR) is 84.7 cm³/mol. The van der Waals surface area contributed by atoms with Crippen molar-refractivity contribution in [2.45, 2.75) is 50.7 Å². The Hall–Kier alpha value is -1.06. The van der Waals surface area contributed by atoms with Gasteiger partial charge in [-0.1, -0.05) is 25.5 Å². The molecule has 1 heterocycles. The quantitative estimate of drug-likeness (QED) is 0.920. The zero-order valence-corrected chi connectivity index (χ0v) is 13.2. The van der Waals surface area contributed by atoms with E-state index in [2.05, 4.69) is 24.4 Å². The van der Waals surface area contributed by atoms with Gasteiger partial charge in [0.05, 0.1) is 18.8 Å². The van der Waals surface area contributed by atoms with Gasteiger partial charge in [0, 0.05) is 13.1 Å². The van der Waals surface area contributed by atoms with E-state index in [0.717, 1.165) is 24.8 Å². The maximum Gasteiger partial charge on any atom is 0.119 e. The molecule has 2 aliphatic rings. The molecule has 3 rings (SSSR count). The van der Waals surface area contributed by atoms with Crippen molar-refractivity contribution in [1.29, 1.82) is 0 Å². The summed E-state index contributed by atoms with van der Waals surface area (Å²) >= 11 is 0. The van der Waals surface area contributed by atoms with Gasteiger partial charge in [-0.25, -0.2) is 0 Å². The maximum absolute atomic E-state index is 6.58. The molecule has 1 saturated heterocycles. The molecule has 0 radical (unpaired) electrons. The van der Waals surface area contributed by atoms with E-state index in [0.29, 0.717) is 0 Å². The van der Waals surface area contributed by atoms with E-state index in [1.54, 1.807) is 7.11 Å². The zero-order valence-electron chi connectivity index (χ0n) is 13.2. The Bertz CT molecular complexity index is 466. The van der Waals surface area contributed by atoms with Gasteiger partial charge in [0.1, 0.15) is 5.75 Å². The monoisotopic (exact) mass is 289 g/mol. The Labute approximate surface area is 128 Å². The minimum atomic E-state index is 0.0532. The Kier molecular flexibility index (Phi) is 4.51. The highest BCUT2D eigenvalue weighted by Crippen LogP contribution is 2.41. The van der Waals surface area contributed by atoms with Crippen LogP contribution in [0.15, 0.2) is 24.3 Å². The molecular formula is C18H27NO2. The summed E-state index contributed by atoms with van der Waals surface area (Å²) < 4.78 is 11.9. The fourth-order valence-corrected chi connectivity index (χ4v) is 3.75. The first-order valence-electron chi connectivity index (χ1n) is 8.27. The molecule has 1 saturated carbocycles. The highest BCUT2D eigenvalue weighted by molar-refractivity contribution is 5.30. The van der Waals surface area contributed by atoms with Crippen molar-refractivity contribution in [1.82, 2.24) is 5.32 Å². The minimum absolute atomic E-state index is 0.0532. The molecule has 3 nitrogen and oxygen atoms in total. The van der Waals surface area contributed by atoms with Crippen LogP contribution >= 0.6 is 0 Å². The maximum atomic E-state index is 6.58. The number of methoxy groups -OCH3 is 1. The zero-order chi connectivity index (χ0) is 14.7. The average Bonchev–Trinajstić information content (AvgIpc) is 2.56. The number of ether oxygens (including phenoxy) is 2. The third-order valence-electron chi connectivity index (χ3n) is 5.23. The van der Waals surface area contributed by atoms with Crippen LogP contribution in [0.3, 0.4) is 0 Å². The van der Waals surface area contributed by atoms with Crippen molar-refractivity contribution in [3.05, 3.63) is 29.8 Å². The van der Waals surface area contributed by atoms with Gasteiger partial charge >= 0.3 is 0 Å². The van der Waals surface area contributed by atoms with E-state index in [1.165, 1.54) is 37.7 Å². The summed E-state index contributed by atoms with van der Waals surface area (Å²) in [6.45, 7) is 4.21. The van der Waals surface area contributed by atoms with Crippen LogP contribution in [-0.4, -0.2) is 25.8 Å². The second-order valence-corrected chi connectivity index (χ2v) is 6.55. The summed E-state index contributed by atoms with van der Waals surface area (Å²) in [4.78, 5) is 0. The third kappa shape index (κ3) is 3.24. The van der Waals surface area contributed by atoms with Crippen LogP contribution in [0, 0.1) is 5.92 Å². The molecule has 1 atom stereocenters. The van der Waals surface area contributed by atoms with E-state index in [1.807, 2.05) is 12.1 Å². The number of nitrogens with one attached hydrogen (secondary N) is 1. The SMILES string of the molecule is CCC1CCC2(CC1)CNCC(c1cccc(OC)c1)O2. The summed E-state index contributed by atoms with van der Waals surface area (Å²) in [5.74, 6) is 1.81. The molecule has 1 unspecified atom stereocenters. The van der Waals surface area contributed by atoms with E-state index in [-0.39, 0.29) is 11.7 Å². The average molecular weight is 289 g/mol. The lowest BCUT2D eigenvalue weighted by atomic mass is 9.77. The van der Waals surface area contributed by atoms with Crippen LogP contribution in [-0.2, 0) is 4.74 Å². The molecule has 2 fully saturated rings. The first-order chi connectivity index (χ1) is 10.2. The molecule has 1 aliphatic heterocycles. The van der Waals surface area contributed by atoms with Crippen molar-refractivity contribution in [3.63, 3.8) is 0 Å². The summed E-state index contributed by atoms with van der Waals surface area (Å²) in [7, 11) is 1.71. The molecule has 0 amide bonds. The molecule has 1 N–H and O–H groups in total. The summed E-state index contributed by atoms with van der Waals surface area (Å²) in [5.41, 5.74) is 1.27. The number of hydrogen-bond donors (Lipinski definition) is 1. The molecule has 1 aliphatic carbocycles. The molecule has 116 valence electrons. The van der Waals surface area contributed by atoms with Crippen LogP contribution in [0.5, 0.6) is 5.75 Å². The van der Waals surface area contributed by atoms with Gasteiger partial charge in [0.25, 0.3) is 0 Å². The van der Waals surface area contributed by atoms with Crippen molar-refractivity contribution >= 4 is 0 Å². The van der Waals surface area contributed by atoms with E-state index >= 15 is 0 Å². The second kappa shape index (κ2) is 6.37. The van der Waals surface area contributed by atoms with Crippen LogP contribution in [0.25, 0.3) is 0 Å². The molecule has 1 aromatic carbocycles. The highest BCUT2D eigenvalue weighted by Gasteiger charge is 2.40. The molecule has 1 aromatic rings. The van der Waals surface area contributed by atoms with Gasteiger partial charge in [0.15, 0.2) is 0 Å². The van der Waals surface area contributed by atoms with Gasteiger partial charge in [-0.15, -0.1) is 0 Å². The molecule has 3 heteroatoms. The Balaban J connectivity index is 1.71. The molecule has 21 heavy (non-hydrogen) atoms. The van der Waals surface area contributed by atoms with Gasteiger partial charge < -0.3 is 14.8 Å². The van der Waals surface area contributed by atoms with Crippen LogP contribution < -0.4 is 10.1 Å². The van der Waals surface area contributed by atoms with Crippen molar-refractivity contribution in [2.75, 3.05) is 20.2 Å². The lowest BCUT2D eigenvalue weighted by Crippen LogP contribution is -2.52. The highest BCUT2D eigenvalue weighted by atomic mass is 16.5. The van der Waals surface area contributed by atoms with Crippen molar-refractivity contribution in [2.24, 2.45) is 5.92 Å². The normalized spacial score (nSPS) is 33.0. The Morgan fingerprint density at radius 3 is 2.86 bits per heavy atom. The number of benzene rings is 1. The number of rotatable bonds is 3. The third-order valence-corrected chi connectivity index (χ3v) is 5.23. The van der Waals surface area contributed by atoms with Gasteiger partial charge in [0.2, 0.25) is 0 Å². The number of hydrogen-bond acceptors (Lipinski definition) is 3. The first kappa shape index (κ1) is 14.9. The van der Waals surface area contributed by atoms with E-state index < -0.39 is 0 Å². The van der Waals surface area contributed by atoms with Crippen LogP contribution in [0.4, 0.5) is 0 Å². The van der Waals surface area contributed by atoms with Gasteiger partial charge in [-0.2, -0.15) is 0 Å². The largest absolute Gasteiger partial charge is 0.497 e. The molecule has 0 bridgehead atoms. The fourth-order valence-electron chi connectivity index (χ4n) is 3.75. The van der Waals surface area contributed by atoms with E-state index in [9.17, 15) is 0 Å². The minimum Gasteiger partial charge on any atom is -0.497 e. The standard InChI is InChI=1S/C18H27NO2/c1-3-14-7-9-18(10-8-14)13-19-12-17(21-18)15-5-4-6-16(11-15)20-2/h4-6,11,14,17,19H,3,7-10,12-13H2,1-2H3. The molecule has 0 aromatic heterocycles. The van der Waals surface area contributed by atoms with Gasteiger partial charge in [-0.05, 0) is 49.3 Å². The molecular weight excluding hydrogens is 262 g/mol. The topological polar surface area (TPSA) is 30.5 Å². The summed E-state index contributed by atoms with van der Waals surface area (Å²) in [6.07, 6.45) is 6.46. The Morgan fingerprint density at radius 2 is 2.14 bits per heavy atom. The van der Waals surface area contributed by atoms with Crippen LogP contribution in [0.2, 0.25) is 0 Å². The lowest BCUT2D eigenvalue weighted by molar-refractivity contribution is -0.141. The smallest absolute Gasteiger partial charge is 0.119 e. The molecule has 1 spiro atoms. The van der Waals surface area contributed by atoms with E-state index in [4.69, 9.17) is 9.47 Å². The first-order valence-corrected chi connectivity index (χ1v) is 8.27. The predicted octanol–water partition coefficient (Wildman–Crippen LogP) is 3.70. The number of morpholine rings is 1. The van der Waals surface area contributed by atoms with Crippen LogP contribution in [0.1, 0.15) is 50.7 Å². The van der Waals surface area contributed by atoms with Crippen molar-refractivity contribution in [3.8, 4) is 5.75 Å². The lowest BCUT2D eigenvalue weighted by Gasteiger charge is -2.46. The fraction of sp³-hybridized carbons (Fsp3) is 0.667. The second-order valence-electron chi connectivity index (χ2n) is 6.55. The summed E-state index contributed by atoms with van der Waals surface area (Å²) in [6, 6.07) is 8.28. The summed E-state index contributed by atoms with van der Waals surface area (Å²) in [5, 5.41) is 3.60. The van der Waals surface area contributed by atoms with Crippen molar-refractivity contribution < 1.29 is 9.47 Å².